The number of aliphatic imine (C=N–C) groups is 1. The van der Waals surface area contributed by atoms with Gasteiger partial charge in [0.2, 0.25) is 0 Å². The van der Waals surface area contributed by atoms with Crippen molar-refractivity contribution in [2.75, 3.05) is 17.3 Å². The lowest BCUT2D eigenvalue weighted by Crippen LogP contribution is -2.09. The number of nitrogens with one attached hydrogen (secondary N) is 2. The van der Waals surface area contributed by atoms with Gasteiger partial charge in [-0.25, -0.2) is 4.98 Å². The molecule has 2 heterocycles. The lowest BCUT2D eigenvalue weighted by Gasteiger charge is -2.15. The van der Waals surface area contributed by atoms with Crippen molar-refractivity contribution in [2.45, 2.75) is 13.5 Å². The van der Waals surface area contributed by atoms with E-state index in [0.29, 0.717) is 24.9 Å². The summed E-state index contributed by atoms with van der Waals surface area (Å²) in [4.78, 5) is 9.05. The number of amidine groups is 1. The number of benzene rings is 3. The third-order valence-electron chi connectivity index (χ3n) is 5.08. The Morgan fingerprint density at radius 2 is 1.88 bits per heavy atom. The van der Waals surface area contributed by atoms with E-state index in [-0.39, 0.29) is 0 Å². The molecular weight excluding hydrogens is 400 g/mol. The van der Waals surface area contributed by atoms with Gasteiger partial charge in [0.25, 0.3) is 5.95 Å². The van der Waals surface area contributed by atoms with Crippen LogP contribution in [0.15, 0.2) is 93.1 Å². The lowest BCUT2D eigenvalue weighted by atomic mass is 10.2. The molecule has 8 nitrogen and oxygen atoms in total. The Morgan fingerprint density at radius 1 is 1.03 bits per heavy atom. The van der Waals surface area contributed by atoms with Crippen LogP contribution in [0.1, 0.15) is 12.5 Å². The molecule has 0 atom stereocenters. The standard InChI is InChI=1S/C24H22N8/c1-17(28-30-21-12-7-11-20-23(21)26-15-14-25-20)29-31-24-27-19-10-5-6-13-22(19)32(24)16-18-8-3-2-4-9-18/h2-14,26,30H,15-16H2,1H3/b28-17+,31-29?. The summed E-state index contributed by atoms with van der Waals surface area (Å²) >= 11 is 0. The van der Waals surface area contributed by atoms with Crippen molar-refractivity contribution in [1.82, 2.24) is 9.55 Å². The number of imidazole rings is 1. The minimum absolute atomic E-state index is 0.486. The molecule has 0 saturated carbocycles. The zero-order valence-electron chi connectivity index (χ0n) is 17.6. The highest BCUT2D eigenvalue weighted by Gasteiger charge is 2.11. The van der Waals surface area contributed by atoms with Gasteiger partial charge in [0.1, 0.15) is 0 Å². The van der Waals surface area contributed by atoms with Crippen molar-refractivity contribution < 1.29 is 0 Å². The molecule has 0 spiro atoms. The number of hydrogen-bond donors (Lipinski definition) is 2. The topological polar surface area (TPSA) is 91.3 Å². The van der Waals surface area contributed by atoms with Crippen LogP contribution < -0.4 is 10.7 Å². The van der Waals surface area contributed by atoms with Crippen LogP contribution in [-0.4, -0.2) is 28.1 Å². The van der Waals surface area contributed by atoms with Crippen LogP contribution in [0, 0.1) is 0 Å². The average Bonchev–Trinajstić information content (AvgIpc) is 3.19. The van der Waals surface area contributed by atoms with Crippen molar-refractivity contribution in [1.29, 1.82) is 0 Å². The highest BCUT2D eigenvalue weighted by atomic mass is 15.4. The molecule has 0 unspecified atom stereocenters. The number of nitrogens with zero attached hydrogens (tertiary/aromatic N) is 6. The third-order valence-corrected chi connectivity index (χ3v) is 5.08. The molecule has 4 aromatic rings. The van der Waals surface area contributed by atoms with Gasteiger partial charge in [0.15, 0.2) is 5.84 Å². The van der Waals surface area contributed by atoms with Crippen LogP contribution >= 0.6 is 0 Å². The van der Waals surface area contributed by atoms with Gasteiger partial charge in [-0.1, -0.05) is 48.5 Å². The van der Waals surface area contributed by atoms with Crippen LogP contribution in [0.3, 0.4) is 0 Å². The third kappa shape index (κ3) is 4.11. The summed E-state index contributed by atoms with van der Waals surface area (Å²) in [5, 5.41) is 16.4. The lowest BCUT2D eigenvalue weighted by molar-refractivity contribution is 0.817. The predicted octanol–water partition coefficient (Wildman–Crippen LogP) is 5.74. The first kappa shape index (κ1) is 19.6. The van der Waals surface area contributed by atoms with Crippen molar-refractivity contribution in [2.24, 2.45) is 20.3 Å². The summed E-state index contributed by atoms with van der Waals surface area (Å²) in [6, 6.07) is 24.1. The first-order valence-electron chi connectivity index (χ1n) is 10.4. The van der Waals surface area contributed by atoms with Gasteiger partial charge in [0.05, 0.1) is 41.2 Å². The van der Waals surface area contributed by atoms with Gasteiger partial charge in [-0.15, -0.1) is 10.2 Å². The van der Waals surface area contributed by atoms with Crippen molar-refractivity contribution >= 4 is 46.1 Å². The number of hydrogen-bond acceptors (Lipinski definition) is 6. The molecule has 0 saturated heterocycles. The van der Waals surface area contributed by atoms with Crippen molar-refractivity contribution in [3.8, 4) is 0 Å². The monoisotopic (exact) mass is 422 g/mol. The minimum Gasteiger partial charge on any atom is -0.377 e. The molecule has 8 heteroatoms. The summed E-state index contributed by atoms with van der Waals surface area (Å²) < 4.78 is 2.06. The molecule has 158 valence electrons. The molecule has 0 amide bonds. The predicted molar refractivity (Wildman–Crippen MR) is 130 cm³/mol. The first-order chi connectivity index (χ1) is 15.8. The Kier molecular flexibility index (Phi) is 5.40. The number of para-hydroxylation sites is 3. The van der Waals surface area contributed by atoms with Gasteiger partial charge in [-0.05, 0) is 36.8 Å². The van der Waals surface area contributed by atoms with E-state index in [1.165, 1.54) is 5.56 Å². The van der Waals surface area contributed by atoms with E-state index in [9.17, 15) is 0 Å². The fourth-order valence-electron chi connectivity index (χ4n) is 3.56. The van der Waals surface area contributed by atoms with E-state index < -0.39 is 0 Å². The summed E-state index contributed by atoms with van der Waals surface area (Å²) in [6.07, 6.45) is 1.84. The highest BCUT2D eigenvalue weighted by Crippen LogP contribution is 2.34. The highest BCUT2D eigenvalue weighted by molar-refractivity contribution is 5.89. The molecule has 1 aliphatic rings. The quantitative estimate of drug-likeness (QED) is 0.186. The van der Waals surface area contributed by atoms with E-state index in [4.69, 9.17) is 0 Å². The summed E-state index contributed by atoms with van der Waals surface area (Å²) in [7, 11) is 0. The Bertz CT molecular complexity index is 1330. The maximum Gasteiger partial charge on any atom is 0.250 e. The fourth-order valence-corrected chi connectivity index (χ4v) is 3.56. The summed E-state index contributed by atoms with van der Waals surface area (Å²) in [6.45, 7) is 3.14. The number of fused-ring (bicyclic) bond motifs is 2. The Labute approximate surface area is 185 Å². The van der Waals surface area contributed by atoms with Crippen LogP contribution in [-0.2, 0) is 6.54 Å². The SMILES string of the molecule is C/C(N=Nc1nc2ccccc2n1Cc1ccccc1)=N\Nc1cccc2c1NCC=N2. The first-order valence-corrected chi connectivity index (χ1v) is 10.4. The molecule has 0 bridgehead atoms. The van der Waals surface area contributed by atoms with Gasteiger partial charge >= 0.3 is 0 Å². The molecule has 0 fully saturated rings. The molecule has 32 heavy (non-hydrogen) atoms. The molecule has 2 N–H and O–H groups in total. The van der Waals surface area contributed by atoms with E-state index >= 15 is 0 Å². The Morgan fingerprint density at radius 3 is 2.78 bits per heavy atom. The van der Waals surface area contributed by atoms with Crippen LogP contribution in [0.2, 0.25) is 0 Å². The van der Waals surface area contributed by atoms with E-state index in [1.54, 1.807) is 6.92 Å². The molecule has 1 aromatic heterocycles. The molecule has 0 aliphatic carbocycles. The second-order valence-corrected chi connectivity index (χ2v) is 7.34. The molecular formula is C24H22N8. The number of rotatable bonds is 5. The fraction of sp³-hybridized carbons (Fsp3) is 0.125. The number of aromatic nitrogens is 2. The van der Waals surface area contributed by atoms with E-state index in [0.717, 1.165) is 28.1 Å². The van der Waals surface area contributed by atoms with Gasteiger partial charge in [-0.3, -0.25) is 10.4 Å². The summed E-state index contributed by atoms with van der Waals surface area (Å²) in [5.41, 5.74) is 8.77. The smallest absolute Gasteiger partial charge is 0.250 e. The van der Waals surface area contributed by atoms with Crippen LogP contribution in [0.4, 0.5) is 23.0 Å². The summed E-state index contributed by atoms with van der Waals surface area (Å²) in [5.74, 6) is 1.03. The van der Waals surface area contributed by atoms with E-state index in [2.05, 4.69) is 52.7 Å². The maximum atomic E-state index is 4.66. The zero-order valence-corrected chi connectivity index (χ0v) is 17.6. The molecule has 5 rings (SSSR count). The van der Waals surface area contributed by atoms with Crippen molar-refractivity contribution in [3.05, 3.63) is 78.4 Å². The minimum atomic E-state index is 0.486. The molecule has 1 aliphatic heterocycles. The van der Waals surface area contributed by atoms with Gasteiger partial charge < -0.3 is 9.88 Å². The van der Waals surface area contributed by atoms with Crippen LogP contribution in [0.25, 0.3) is 11.0 Å². The second-order valence-electron chi connectivity index (χ2n) is 7.34. The Balaban J connectivity index is 1.40. The molecule has 3 aromatic carbocycles. The maximum absolute atomic E-state index is 4.66. The normalized spacial score (nSPS) is 13.3. The average molecular weight is 422 g/mol. The van der Waals surface area contributed by atoms with Gasteiger partial charge in [0, 0.05) is 6.21 Å². The molecule has 0 radical (unpaired) electrons. The number of hydrazone groups is 1. The largest absolute Gasteiger partial charge is 0.377 e. The second kappa shape index (κ2) is 8.81. The van der Waals surface area contributed by atoms with Crippen molar-refractivity contribution in [3.63, 3.8) is 0 Å². The van der Waals surface area contributed by atoms with Gasteiger partial charge in [-0.2, -0.15) is 5.10 Å². The number of anilines is 2. The number of azo groups is 1. The zero-order chi connectivity index (χ0) is 21.8. The van der Waals surface area contributed by atoms with E-state index in [1.807, 2.05) is 66.9 Å². The Hall–Kier alpha value is -4.33. The van der Waals surface area contributed by atoms with Crippen LogP contribution in [0.5, 0.6) is 0 Å².